The molecule has 0 bridgehead atoms. The summed E-state index contributed by atoms with van der Waals surface area (Å²) in [7, 11) is 1.67. The Balaban J connectivity index is 1.99. The SMILES string of the molecule is COc1ccc(CC(CO)Cc2ccc(Br)cc2)cc1. The third kappa shape index (κ3) is 4.36. The number of hydrogen-bond donors (Lipinski definition) is 1. The van der Waals surface area contributed by atoms with Gasteiger partial charge in [0.05, 0.1) is 7.11 Å². The lowest BCUT2D eigenvalue weighted by Gasteiger charge is -2.14. The van der Waals surface area contributed by atoms with Crippen LogP contribution in [0.3, 0.4) is 0 Å². The van der Waals surface area contributed by atoms with Gasteiger partial charge >= 0.3 is 0 Å². The van der Waals surface area contributed by atoms with Gasteiger partial charge in [-0.2, -0.15) is 0 Å². The fraction of sp³-hybridized carbons (Fsp3) is 0.294. The molecule has 20 heavy (non-hydrogen) atoms. The first kappa shape index (κ1) is 15.1. The number of halogens is 1. The maximum atomic E-state index is 9.57. The molecular weight excluding hydrogens is 316 g/mol. The maximum Gasteiger partial charge on any atom is 0.118 e. The second-order valence-electron chi connectivity index (χ2n) is 4.93. The van der Waals surface area contributed by atoms with E-state index >= 15 is 0 Å². The topological polar surface area (TPSA) is 29.5 Å². The van der Waals surface area contributed by atoms with E-state index in [0.717, 1.165) is 23.1 Å². The van der Waals surface area contributed by atoms with Crippen molar-refractivity contribution in [2.75, 3.05) is 13.7 Å². The summed E-state index contributed by atoms with van der Waals surface area (Å²) < 4.78 is 6.23. The van der Waals surface area contributed by atoms with Gasteiger partial charge in [0.25, 0.3) is 0 Å². The Morgan fingerprint density at radius 1 is 0.950 bits per heavy atom. The van der Waals surface area contributed by atoms with E-state index in [1.807, 2.05) is 24.3 Å². The summed E-state index contributed by atoms with van der Waals surface area (Å²) in [6.45, 7) is 0.197. The summed E-state index contributed by atoms with van der Waals surface area (Å²) in [6.07, 6.45) is 1.76. The zero-order valence-corrected chi connectivity index (χ0v) is 13.1. The van der Waals surface area contributed by atoms with Crippen molar-refractivity contribution in [1.29, 1.82) is 0 Å². The molecule has 0 aliphatic heterocycles. The molecular formula is C17H19BrO2. The largest absolute Gasteiger partial charge is 0.497 e. The third-order valence-corrected chi connectivity index (χ3v) is 3.91. The highest BCUT2D eigenvalue weighted by Gasteiger charge is 2.10. The molecule has 2 aromatic carbocycles. The maximum absolute atomic E-state index is 9.57. The fourth-order valence-electron chi connectivity index (χ4n) is 2.25. The van der Waals surface area contributed by atoms with Gasteiger partial charge < -0.3 is 9.84 Å². The van der Waals surface area contributed by atoms with Crippen LogP contribution in [0.4, 0.5) is 0 Å². The van der Waals surface area contributed by atoms with E-state index in [2.05, 4.69) is 40.2 Å². The number of ether oxygens (including phenoxy) is 1. The molecule has 0 heterocycles. The summed E-state index contributed by atoms with van der Waals surface area (Å²) in [5.74, 6) is 1.10. The van der Waals surface area contributed by atoms with Crippen LogP contribution in [0, 0.1) is 5.92 Å². The van der Waals surface area contributed by atoms with Crippen LogP contribution in [0.5, 0.6) is 5.75 Å². The van der Waals surface area contributed by atoms with Gasteiger partial charge in [0, 0.05) is 11.1 Å². The van der Waals surface area contributed by atoms with Gasteiger partial charge in [-0.1, -0.05) is 40.2 Å². The Morgan fingerprint density at radius 2 is 1.45 bits per heavy atom. The minimum atomic E-state index is 0.197. The first-order chi connectivity index (χ1) is 9.71. The van der Waals surface area contributed by atoms with E-state index in [4.69, 9.17) is 4.74 Å². The van der Waals surface area contributed by atoms with Crippen molar-refractivity contribution in [2.24, 2.45) is 5.92 Å². The molecule has 0 aromatic heterocycles. The highest BCUT2D eigenvalue weighted by Crippen LogP contribution is 2.19. The standard InChI is InChI=1S/C17H19BrO2/c1-20-17-8-4-14(5-9-17)11-15(12-19)10-13-2-6-16(18)7-3-13/h2-9,15,19H,10-12H2,1H3. The number of hydrogen-bond acceptors (Lipinski definition) is 2. The summed E-state index contributed by atoms with van der Waals surface area (Å²) >= 11 is 3.43. The number of aliphatic hydroxyl groups excluding tert-OH is 1. The summed E-state index contributed by atoms with van der Waals surface area (Å²) in [5, 5.41) is 9.57. The Hall–Kier alpha value is -1.32. The number of rotatable bonds is 6. The zero-order valence-electron chi connectivity index (χ0n) is 11.6. The molecule has 106 valence electrons. The van der Waals surface area contributed by atoms with Gasteiger partial charge in [-0.25, -0.2) is 0 Å². The van der Waals surface area contributed by atoms with Crippen LogP contribution in [-0.4, -0.2) is 18.8 Å². The normalized spacial score (nSPS) is 12.2. The molecule has 0 saturated carbocycles. The van der Waals surface area contributed by atoms with Crippen molar-refractivity contribution in [3.05, 3.63) is 64.1 Å². The van der Waals surface area contributed by atoms with E-state index in [1.54, 1.807) is 7.11 Å². The van der Waals surface area contributed by atoms with Crippen LogP contribution in [-0.2, 0) is 12.8 Å². The lowest BCUT2D eigenvalue weighted by atomic mass is 9.93. The molecule has 1 atom stereocenters. The molecule has 2 aromatic rings. The molecule has 0 saturated heterocycles. The zero-order chi connectivity index (χ0) is 14.4. The van der Waals surface area contributed by atoms with Gasteiger partial charge in [-0.05, 0) is 54.2 Å². The minimum absolute atomic E-state index is 0.197. The molecule has 2 rings (SSSR count). The van der Waals surface area contributed by atoms with Crippen LogP contribution in [0.2, 0.25) is 0 Å². The Labute approximate surface area is 128 Å². The van der Waals surface area contributed by atoms with E-state index in [1.165, 1.54) is 11.1 Å². The average Bonchev–Trinajstić information content (AvgIpc) is 2.49. The van der Waals surface area contributed by atoms with E-state index in [0.29, 0.717) is 0 Å². The van der Waals surface area contributed by atoms with Gasteiger partial charge in [-0.3, -0.25) is 0 Å². The molecule has 1 unspecified atom stereocenters. The highest BCUT2D eigenvalue weighted by atomic mass is 79.9. The molecule has 0 spiro atoms. The van der Waals surface area contributed by atoms with E-state index < -0.39 is 0 Å². The van der Waals surface area contributed by atoms with Gasteiger partial charge in [0.1, 0.15) is 5.75 Å². The van der Waals surface area contributed by atoms with Crippen LogP contribution in [0.15, 0.2) is 53.0 Å². The molecule has 1 N–H and O–H groups in total. The summed E-state index contributed by atoms with van der Waals surface area (Å²) in [6, 6.07) is 16.3. The second kappa shape index (κ2) is 7.46. The van der Waals surface area contributed by atoms with Crippen LogP contribution >= 0.6 is 15.9 Å². The van der Waals surface area contributed by atoms with E-state index in [-0.39, 0.29) is 12.5 Å². The summed E-state index contributed by atoms with van der Waals surface area (Å²) in [4.78, 5) is 0. The number of aliphatic hydroxyl groups is 1. The minimum Gasteiger partial charge on any atom is -0.497 e. The smallest absolute Gasteiger partial charge is 0.118 e. The van der Waals surface area contributed by atoms with Gasteiger partial charge in [-0.15, -0.1) is 0 Å². The predicted molar refractivity (Wildman–Crippen MR) is 85.1 cm³/mol. The van der Waals surface area contributed by atoms with Crippen molar-refractivity contribution in [1.82, 2.24) is 0 Å². The molecule has 0 aliphatic carbocycles. The summed E-state index contributed by atoms with van der Waals surface area (Å²) in [5.41, 5.74) is 2.47. The molecule has 0 amide bonds. The Morgan fingerprint density at radius 3 is 1.90 bits per heavy atom. The van der Waals surface area contributed by atoms with E-state index in [9.17, 15) is 5.11 Å². The van der Waals surface area contributed by atoms with Crippen LogP contribution in [0.1, 0.15) is 11.1 Å². The highest BCUT2D eigenvalue weighted by molar-refractivity contribution is 9.10. The van der Waals surface area contributed by atoms with Crippen molar-refractivity contribution in [2.45, 2.75) is 12.8 Å². The second-order valence-corrected chi connectivity index (χ2v) is 5.85. The molecule has 2 nitrogen and oxygen atoms in total. The molecule has 0 radical (unpaired) electrons. The third-order valence-electron chi connectivity index (χ3n) is 3.38. The lowest BCUT2D eigenvalue weighted by Crippen LogP contribution is -2.12. The first-order valence-electron chi connectivity index (χ1n) is 6.69. The fourth-order valence-corrected chi connectivity index (χ4v) is 2.51. The average molecular weight is 335 g/mol. The number of methoxy groups -OCH3 is 1. The van der Waals surface area contributed by atoms with Crippen molar-refractivity contribution >= 4 is 15.9 Å². The van der Waals surface area contributed by atoms with Crippen LogP contribution in [0.25, 0.3) is 0 Å². The Kier molecular flexibility index (Phi) is 5.62. The van der Waals surface area contributed by atoms with Gasteiger partial charge in [0.2, 0.25) is 0 Å². The van der Waals surface area contributed by atoms with Crippen molar-refractivity contribution < 1.29 is 9.84 Å². The van der Waals surface area contributed by atoms with Crippen molar-refractivity contribution in [3.8, 4) is 5.75 Å². The van der Waals surface area contributed by atoms with Crippen molar-refractivity contribution in [3.63, 3.8) is 0 Å². The van der Waals surface area contributed by atoms with Crippen LogP contribution < -0.4 is 4.74 Å². The Bertz CT molecular complexity index is 520. The van der Waals surface area contributed by atoms with Gasteiger partial charge in [0.15, 0.2) is 0 Å². The quantitative estimate of drug-likeness (QED) is 0.869. The monoisotopic (exact) mass is 334 g/mol. The lowest BCUT2D eigenvalue weighted by molar-refractivity contribution is 0.225. The predicted octanol–water partition coefficient (Wildman–Crippen LogP) is 3.85. The number of benzene rings is 2. The first-order valence-corrected chi connectivity index (χ1v) is 7.49. The molecule has 0 aliphatic rings. The molecule has 3 heteroatoms. The molecule has 0 fully saturated rings.